The molecule has 1 amide bonds. The van der Waals surface area contributed by atoms with Gasteiger partial charge in [-0.3, -0.25) is 14.6 Å². The van der Waals surface area contributed by atoms with Crippen molar-refractivity contribution >= 4 is 17.5 Å². The lowest BCUT2D eigenvalue weighted by molar-refractivity contribution is -0.132. The van der Waals surface area contributed by atoms with E-state index >= 15 is 0 Å². The Balaban J connectivity index is 1.46. The summed E-state index contributed by atoms with van der Waals surface area (Å²) >= 11 is 6.12. The molecule has 2 aliphatic heterocycles. The Morgan fingerprint density at radius 3 is 2.24 bits per heavy atom. The minimum absolute atomic E-state index is 0.244. The molecule has 6 heteroatoms. The van der Waals surface area contributed by atoms with Gasteiger partial charge < -0.3 is 4.90 Å². The van der Waals surface area contributed by atoms with Crippen LogP contribution in [0.2, 0.25) is 5.02 Å². The van der Waals surface area contributed by atoms with Gasteiger partial charge in [0.1, 0.15) is 5.82 Å². The first-order chi connectivity index (χ1) is 12.1. The number of rotatable bonds is 4. The van der Waals surface area contributed by atoms with Crippen molar-refractivity contribution in [1.29, 1.82) is 0 Å². The number of likely N-dealkylation sites (tertiary alicyclic amines) is 1. The molecule has 1 aromatic rings. The molecule has 0 atom stereocenters. The summed E-state index contributed by atoms with van der Waals surface area (Å²) in [4.78, 5) is 18.9. The van der Waals surface area contributed by atoms with Crippen molar-refractivity contribution in [2.75, 3.05) is 45.8 Å². The molecule has 0 unspecified atom stereocenters. The van der Waals surface area contributed by atoms with E-state index < -0.39 is 0 Å². The normalized spacial score (nSPS) is 20.5. The average molecular weight is 368 g/mol. The molecule has 0 saturated carbocycles. The molecule has 0 spiro atoms. The molecule has 2 aliphatic rings. The van der Waals surface area contributed by atoms with Crippen LogP contribution >= 0.6 is 11.6 Å². The van der Waals surface area contributed by atoms with E-state index in [1.165, 1.54) is 18.9 Å². The van der Waals surface area contributed by atoms with Gasteiger partial charge in [-0.05, 0) is 25.0 Å². The van der Waals surface area contributed by atoms with Crippen LogP contribution in [-0.2, 0) is 11.3 Å². The van der Waals surface area contributed by atoms with Gasteiger partial charge in [-0.1, -0.05) is 30.5 Å². The smallest absolute Gasteiger partial charge is 0.236 e. The maximum absolute atomic E-state index is 13.9. The zero-order valence-corrected chi connectivity index (χ0v) is 15.5. The van der Waals surface area contributed by atoms with E-state index in [1.54, 1.807) is 12.1 Å². The summed E-state index contributed by atoms with van der Waals surface area (Å²) in [7, 11) is 0. The Morgan fingerprint density at radius 1 is 0.960 bits per heavy atom. The number of carbonyl (C=O) groups excluding carboxylic acids is 1. The van der Waals surface area contributed by atoms with Gasteiger partial charge in [0.05, 0.1) is 6.54 Å². The molecule has 0 radical (unpaired) electrons. The molecule has 4 nitrogen and oxygen atoms in total. The van der Waals surface area contributed by atoms with Gasteiger partial charge in [-0.25, -0.2) is 4.39 Å². The Morgan fingerprint density at radius 2 is 1.60 bits per heavy atom. The molecule has 2 heterocycles. The van der Waals surface area contributed by atoms with E-state index in [0.29, 0.717) is 23.7 Å². The first kappa shape index (κ1) is 18.6. The number of hydrogen-bond acceptors (Lipinski definition) is 3. The third-order valence-corrected chi connectivity index (χ3v) is 5.58. The zero-order chi connectivity index (χ0) is 17.6. The van der Waals surface area contributed by atoms with Crippen LogP contribution in [0.15, 0.2) is 18.2 Å². The fourth-order valence-corrected chi connectivity index (χ4v) is 3.85. The lowest BCUT2D eigenvalue weighted by atomic mass is 10.2. The van der Waals surface area contributed by atoms with Crippen LogP contribution in [0, 0.1) is 5.82 Å². The minimum atomic E-state index is -0.244. The summed E-state index contributed by atoms with van der Waals surface area (Å²) in [6, 6.07) is 4.82. The monoisotopic (exact) mass is 367 g/mol. The number of halogens is 2. The zero-order valence-electron chi connectivity index (χ0n) is 14.7. The highest BCUT2D eigenvalue weighted by Gasteiger charge is 2.23. The Kier molecular flexibility index (Phi) is 6.68. The summed E-state index contributed by atoms with van der Waals surface area (Å²) in [5.41, 5.74) is 0.568. The second kappa shape index (κ2) is 8.97. The molecule has 3 rings (SSSR count). The highest BCUT2D eigenvalue weighted by Crippen LogP contribution is 2.21. The molecule has 2 saturated heterocycles. The summed E-state index contributed by atoms with van der Waals surface area (Å²) in [6.07, 6.45) is 4.73. The van der Waals surface area contributed by atoms with E-state index in [4.69, 9.17) is 11.6 Å². The van der Waals surface area contributed by atoms with Crippen LogP contribution in [-0.4, -0.2) is 66.4 Å². The average Bonchev–Trinajstić information content (AvgIpc) is 2.89. The van der Waals surface area contributed by atoms with Crippen molar-refractivity contribution in [2.24, 2.45) is 0 Å². The SMILES string of the molecule is O=C(CN1CCN(Cc2c(F)cccc2Cl)CC1)N1CCCCCC1. The number of amides is 1. The fraction of sp³-hybridized carbons (Fsp3) is 0.632. The molecule has 25 heavy (non-hydrogen) atoms. The van der Waals surface area contributed by atoms with Crippen molar-refractivity contribution in [2.45, 2.75) is 32.2 Å². The Bertz CT molecular complexity index is 562. The molecular formula is C19H27ClFN3O. The number of nitrogens with zero attached hydrogens (tertiary/aromatic N) is 3. The highest BCUT2D eigenvalue weighted by atomic mass is 35.5. The Labute approximate surface area is 154 Å². The molecular weight excluding hydrogens is 341 g/mol. The maximum Gasteiger partial charge on any atom is 0.236 e. The van der Waals surface area contributed by atoms with E-state index in [2.05, 4.69) is 9.80 Å². The van der Waals surface area contributed by atoms with E-state index in [-0.39, 0.29) is 11.7 Å². The molecule has 0 aliphatic carbocycles. The molecule has 0 aromatic heterocycles. The largest absolute Gasteiger partial charge is 0.342 e. The number of benzene rings is 1. The quantitative estimate of drug-likeness (QED) is 0.818. The molecule has 0 bridgehead atoms. The van der Waals surface area contributed by atoms with Crippen LogP contribution < -0.4 is 0 Å². The Hall–Kier alpha value is -1.17. The fourth-order valence-electron chi connectivity index (χ4n) is 3.62. The molecule has 1 aromatic carbocycles. The lowest BCUT2D eigenvalue weighted by Gasteiger charge is -2.35. The van der Waals surface area contributed by atoms with Crippen molar-refractivity contribution in [3.8, 4) is 0 Å². The van der Waals surface area contributed by atoms with Gasteiger partial charge >= 0.3 is 0 Å². The van der Waals surface area contributed by atoms with Crippen molar-refractivity contribution < 1.29 is 9.18 Å². The van der Waals surface area contributed by atoms with Gasteiger partial charge in [0.15, 0.2) is 0 Å². The molecule has 2 fully saturated rings. The second-order valence-corrected chi connectivity index (χ2v) is 7.45. The molecule has 0 N–H and O–H groups in total. The van der Waals surface area contributed by atoms with Crippen LogP contribution in [0.1, 0.15) is 31.2 Å². The van der Waals surface area contributed by atoms with Gasteiger partial charge in [-0.2, -0.15) is 0 Å². The van der Waals surface area contributed by atoms with Crippen LogP contribution in [0.5, 0.6) is 0 Å². The number of carbonyl (C=O) groups is 1. The standard InChI is InChI=1S/C19H27ClFN3O/c20-17-6-5-7-18(21)16(17)14-22-10-12-23(13-11-22)15-19(25)24-8-3-1-2-4-9-24/h5-7H,1-4,8-15H2. The summed E-state index contributed by atoms with van der Waals surface area (Å²) in [6.45, 7) is 6.19. The van der Waals surface area contributed by atoms with E-state index in [9.17, 15) is 9.18 Å². The van der Waals surface area contributed by atoms with Crippen molar-refractivity contribution in [3.05, 3.63) is 34.6 Å². The number of piperazine rings is 1. The van der Waals surface area contributed by atoms with Crippen molar-refractivity contribution in [1.82, 2.24) is 14.7 Å². The predicted molar refractivity (Wildman–Crippen MR) is 98.2 cm³/mol. The van der Waals surface area contributed by atoms with Gasteiger partial charge in [0, 0.05) is 56.4 Å². The van der Waals surface area contributed by atoms with E-state index in [0.717, 1.165) is 52.1 Å². The molecule has 138 valence electrons. The van der Waals surface area contributed by atoms with Gasteiger partial charge in [0.2, 0.25) is 5.91 Å². The minimum Gasteiger partial charge on any atom is -0.342 e. The summed E-state index contributed by atoms with van der Waals surface area (Å²) < 4.78 is 13.9. The first-order valence-electron chi connectivity index (χ1n) is 9.29. The highest BCUT2D eigenvalue weighted by molar-refractivity contribution is 6.31. The number of hydrogen-bond donors (Lipinski definition) is 0. The van der Waals surface area contributed by atoms with E-state index in [1.807, 2.05) is 4.90 Å². The van der Waals surface area contributed by atoms with Gasteiger partial charge in [0.25, 0.3) is 0 Å². The van der Waals surface area contributed by atoms with Crippen molar-refractivity contribution in [3.63, 3.8) is 0 Å². The summed E-state index contributed by atoms with van der Waals surface area (Å²) in [5, 5.41) is 0.485. The van der Waals surface area contributed by atoms with Crippen LogP contribution in [0.25, 0.3) is 0 Å². The topological polar surface area (TPSA) is 26.8 Å². The third-order valence-electron chi connectivity index (χ3n) is 5.23. The van der Waals surface area contributed by atoms with Gasteiger partial charge in [-0.15, -0.1) is 0 Å². The van der Waals surface area contributed by atoms with Crippen LogP contribution in [0.4, 0.5) is 4.39 Å². The lowest BCUT2D eigenvalue weighted by Crippen LogP contribution is -2.49. The summed E-state index contributed by atoms with van der Waals surface area (Å²) in [5.74, 6) is 0.0127. The third kappa shape index (κ3) is 5.16. The maximum atomic E-state index is 13.9. The first-order valence-corrected chi connectivity index (χ1v) is 9.66. The van der Waals surface area contributed by atoms with Crippen LogP contribution in [0.3, 0.4) is 0 Å². The second-order valence-electron chi connectivity index (χ2n) is 7.05. The predicted octanol–water partition coefficient (Wildman–Crippen LogP) is 3.00.